The van der Waals surface area contributed by atoms with Crippen molar-refractivity contribution in [2.45, 2.75) is 6.61 Å². The maximum absolute atomic E-state index is 11.7. The number of nitrogens with zero attached hydrogens (tertiary/aromatic N) is 4. The van der Waals surface area contributed by atoms with Gasteiger partial charge in [-0.25, -0.2) is 9.31 Å². The van der Waals surface area contributed by atoms with Crippen LogP contribution in [0.5, 0.6) is 0 Å². The summed E-state index contributed by atoms with van der Waals surface area (Å²) in [5, 5.41) is 17.0. The van der Waals surface area contributed by atoms with Gasteiger partial charge in [-0.3, -0.25) is 15.4 Å². The van der Waals surface area contributed by atoms with E-state index in [1.54, 1.807) is 0 Å². The molecular weight excluding hydrogens is 302 g/mol. The van der Waals surface area contributed by atoms with Crippen LogP contribution < -0.4 is 5.32 Å². The van der Waals surface area contributed by atoms with Crippen LogP contribution in [0.25, 0.3) is 5.65 Å². The smallest absolute Gasteiger partial charge is 0.414 e. The summed E-state index contributed by atoms with van der Waals surface area (Å²) in [6.45, 7) is 0.117. The molecule has 0 aliphatic carbocycles. The second-order valence-corrected chi connectivity index (χ2v) is 4.57. The van der Waals surface area contributed by atoms with Crippen molar-refractivity contribution in [3.63, 3.8) is 0 Å². The number of nitrogens with one attached hydrogen (secondary N) is 1. The van der Waals surface area contributed by atoms with Gasteiger partial charge in [0.1, 0.15) is 12.8 Å². The van der Waals surface area contributed by atoms with Crippen LogP contribution in [-0.2, 0) is 11.3 Å². The lowest BCUT2D eigenvalue weighted by molar-refractivity contribution is -0.385. The molecule has 0 aliphatic rings. The summed E-state index contributed by atoms with van der Waals surface area (Å²) < 4.78 is 6.26. The Balaban J connectivity index is 1.66. The summed E-state index contributed by atoms with van der Waals surface area (Å²) in [7, 11) is 0. The van der Waals surface area contributed by atoms with Crippen LogP contribution in [0.2, 0.25) is 0 Å². The first-order valence-corrected chi connectivity index (χ1v) is 6.60. The van der Waals surface area contributed by atoms with E-state index in [9.17, 15) is 14.9 Å². The van der Waals surface area contributed by atoms with Crippen molar-refractivity contribution in [1.29, 1.82) is 0 Å². The van der Waals surface area contributed by atoms with Gasteiger partial charge < -0.3 is 4.74 Å². The number of amides is 1. The van der Waals surface area contributed by atoms with Crippen LogP contribution in [0.15, 0.2) is 48.7 Å². The van der Waals surface area contributed by atoms with E-state index >= 15 is 0 Å². The van der Waals surface area contributed by atoms with Gasteiger partial charge in [-0.1, -0.05) is 30.3 Å². The Labute approximate surface area is 129 Å². The average molecular weight is 313 g/mol. The van der Waals surface area contributed by atoms with Gasteiger partial charge in [-0.2, -0.15) is 4.98 Å². The molecule has 0 unspecified atom stereocenters. The van der Waals surface area contributed by atoms with Gasteiger partial charge in [0.2, 0.25) is 0 Å². The Bertz CT molecular complexity index is 862. The summed E-state index contributed by atoms with van der Waals surface area (Å²) >= 11 is 0. The number of nitro groups is 1. The standard InChI is InChI=1S/C14H11N5O4/c20-14(23-9-10-4-2-1-3-5-10)16-13-15-12-7-6-11(19(21)22)8-18(12)17-13/h1-8H,9H2,(H,16,17,20). The van der Waals surface area contributed by atoms with Crippen LogP contribution in [-0.4, -0.2) is 25.6 Å². The van der Waals surface area contributed by atoms with Gasteiger partial charge in [0, 0.05) is 6.07 Å². The number of ether oxygens (including phenoxy) is 1. The molecule has 3 rings (SSSR count). The lowest BCUT2D eigenvalue weighted by atomic mass is 10.2. The van der Waals surface area contributed by atoms with Crippen LogP contribution in [0.3, 0.4) is 0 Å². The summed E-state index contributed by atoms with van der Waals surface area (Å²) in [4.78, 5) is 25.9. The normalized spacial score (nSPS) is 10.4. The molecule has 9 heteroatoms. The molecule has 0 aliphatic heterocycles. The van der Waals surface area contributed by atoms with Crippen LogP contribution >= 0.6 is 0 Å². The molecule has 0 radical (unpaired) electrons. The number of hydrogen-bond acceptors (Lipinski definition) is 6. The highest BCUT2D eigenvalue weighted by Crippen LogP contribution is 2.13. The number of carbonyl (C=O) groups excluding carboxylic acids is 1. The number of benzene rings is 1. The van der Waals surface area contributed by atoms with E-state index < -0.39 is 11.0 Å². The quantitative estimate of drug-likeness (QED) is 0.584. The van der Waals surface area contributed by atoms with Gasteiger partial charge in [0.15, 0.2) is 5.65 Å². The van der Waals surface area contributed by atoms with Crippen molar-refractivity contribution in [3.05, 3.63) is 64.3 Å². The monoisotopic (exact) mass is 313 g/mol. The maximum Gasteiger partial charge on any atom is 0.414 e. The Morgan fingerprint density at radius 1 is 1.26 bits per heavy atom. The highest BCUT2D eigenvalue weighted by molar-refractivity contribution is 5.82. The number of fused-ring (bicyclic) bond motifs is 1. The molecule has 1 amide bonds. The molecule has 0 saturated heterocycles. The van der Waals surface area contributed by atoms with Gasteiger partial charge in [-0.05, 0) is 11.6 Å². The van der Waals surface area contributed by atoms with Gasteiger partial charge >= 0.3 is 6.09 Å². The van der Waals surface area contributed by atoms with E-state index in [4.69, 9.17) is 4.74 Å². The van der Waals surface area contributed by atoms with Crippen molar-refractivity contribution in [2.75, 3.05) is 5.32 Å². The molecule has 1 aromatic carbocycles. The fraction of sp³-hybridized carbons (Fsp3) is 0.0714. The predicted octanol–water partition coefficient (Wildman–Crippen LogP) is 2.39. The number of aromatic nitrogens is 3. The molecule has 3 aromatic rings. The maximum atomic E-state index is 11.7. The van der Waals surface area contributed by atoms with E-state index in [2.05, 4.69) is 15.4 Å². The second kappa shape index (κ2) is 6.10. The third-order valence-electron chi connectivity index (χ3n) is 2.95. The largest absolute Gasteiger partial charge is 0.444 e. The van der Waals surface area contributed by atoms with E-state index in [1.165, 1.54) is 22.8 Å². The minimum Gasteiger partial charge on any atom is -0.444 e. The summed E-state index contributed by atoms with van der Waals surface area (Å²) in [5.74, 6) is 0.00330. The SMILES string of the molecule is O=C(Nc1nc2ccc([N+](=O)[O-])cn2n1)OCc1ccccc1. The van der Waals surface area contributed by atoms with E-state index in [-0.39, 0.29) is 18.2 Å². The molecule has 0 saturated carbocycles. The fourth-order valence-electron chi connectivity index (χ4n) is 1.88. The zero-order chi connectivity index (χ0) is 16.2. The average Bonchev–Trinajstić information content (AvgIpc) is 2.95. The van der Waals surface area contributed by atoms with E-state index in [0.717, 1.165) is 5.56 Å². The van der Waals surface area contributed by atoms with Gasteiger partial charge in [0.25, 0.3) is 11.6 Å². The van der Waals surface area contributed by atoms with E-state index in [0.29, 0.717) is 5.65 Å². The number of hydrogen-bond donors (Lipinski definition) is 1. The molecular formula is C14H11N5O4. The van der Waals surface area contributed by atoms with Crippen molar-refractivity contribution >= 4 is 23.4 Å². The molecule has 2 aromatic heterocycles. The topological polar surface area (TPSA) is 112 Å². The molecule has 0 spiro atoms. The number of carbonyl (C=O) groups is 1. The van der Waals surface area contributed by atoms with Crippen molar-refractivity contribution in [1.82, 2.24) is 14.6 Å². The third-order valence-corrected chi connectivity index (χ3v) is 2.95. The second-order valence-electron chi connectivity index (χ2n) is 4.57. The third kappa shape index (κ3) is 3.40. The summed E-state index contributed by atoms with van der Waals surface area (Å²) in [6.07, 6.45) is 0.502. The van der Waals surface area contributed by atoms with Crippen LogP contribution in [0.4, 0.5) is 16.4 Å². The lowest BCUT2D eigenvalue weighted by Crippen LogP contribution is -2.14. The minimum absolute atomic E-state index is 0.00330. The zero-order valence-electron chi connectivity index (χ0n) is 11.7. The molecule has 9 nitrogen and oxygen atoms in total. The molecule has 0 fully saturated rings. The minimum atomic E-state index is -0.709. The molecule has 116 valence electrons. The molecule has 2 heterocycles. The Kier molecular flexibility index (Phi) is 3.83. The van der Waals surface area contributed by atoms with E-state index in [1.807, 2.05) is 30.3 Å². The molecule has 0 atom stereocenters. The van der Waals surface area contributed by atoms with Gasteiger partial charge in [-0.15, -0.1) is 5.10 Å². The highest BCUT2D eigenvalue weighted by atomic mass is 16.6. The zero-order valence-corrected chi connectivity index (χ0v) is 11.7. The Morgan fingerprint density at radius 3 is 2.78 bits per heavy atom. The molecule has 23 heavy (non-hydrogen) atoms. The number of pyridine rings is 1. The van der Waals surface area contributed by atoms with Crippen LogP contribution in [0, 0.1) is 10.1 Å². The number of rotatable bonds is 4. The summed E-state index contributed by atoms with van der Waals surface area (Å²) in [5.41, 5.74) is 1.09. The Hall–Kier alpha value is -3.49. The van der Waals surface area contributed by atoms with Crippen molar-refractivity contribution < 1.29 is 14.5 Å². The van der Waals surface area contributed by atoms with Crippen molar-refractivity contribution in [2.24, 2.45) is 0 Å². The fourth-order valence-corrected chi connectivity index (χ4v) is 1.88. The first-order chi connectivity index (χ1) is 11.1. The number of anilines is 1. The highest BCUT2D eigenvalue weighted by Gasteiger charge is 2.12. The van der Waals surface area contributed by atoms with Gasteiger partial charge in [0.05, 0.1) is 4.92 Å². The Morgan fingerprint density at radius 2 is 2.04 bits per heavy atom. The first-order valence-electron chi connectivity index (χ1n) is 6.60. The first kappa shape index (κ1) is 14.4. The lowest BCUT2D eigenvalue weighted by Gasteiger charge is -2.03. The van der Waals surface area contributed by atoms with Crippen LogP contribution in [0.1, 0.15) is 5.56 Å². The summed E-state index contributed by atoms with van der Waals surface area (Å²) in [6, 6.07) is 11.9. The molecule has 1 N–H and O–H groups in total. The predicted molar refractivity (Wildman–Crippen MR) is 79.9 cm³/mol. The van der Waals surface area contributed by atoms with Crippen molar-refractivity contribution in [3.8, 4) is 0 Å². The molecule has 0 bridgehead atoms.